The van der Waals surface area contributed by atoms with E-state index in [-0.39, 0.29) is 0 Å². The molecule has 0 fully saturated rings. The zero-order chi connectivity index (χ0) is 13.5. The summed E-state index contributed by atoms with van der Waals surface area (Å²) in [6.45, 7) is 2.68. The van der Waals surface area contributed by atoms with E-state index in [9.17, 15) is 0 Å². The molecule has 4 rings (SSSR count). The molecule has 0 bridgehead atoms. The largest absolute Gasteiger partial charge is 0.494 e. The number of rotatable bonds is 2. The molecule has 0 radical (unpaired) electrons. The Morgan fingerprint density at radius 2 is 1.95 bits per heavy atom. The first-order valence-corrected chi connectivity index (χ1v) is 7.51. The van der Waals surface area contributed by atoms with E-state index in [4.69, 9.17) is 9.72 Å². The van der Waals surface area contributed by atoms with Gasteiger partial charge in [0.15, 0.2) is 0 Å². The van der Waals surface area contributed by atoms with Crippen molar-refractivity contribution in [2.24, 2.45) is 0 Å². The number of fused-ring (bicyclic) bond motifs is 4. The van der Waals surface area contributed by atoms with E-state index in [1.165, 1.54) is 14.8 Å². The van der Waals surface area contributed by atoms with Crippen LogP contribution in [0.5, 0.6) is 5.75 Å². The first kappa shape index (κ1) is 11.7. The van der Waals surface area contributed by atoms with Gasteiger partial charge in [0.25, 0.3) is 0 Å². The van der Waals surface area contributed by atoms with Crippen molar-refractivity contribution in [2.75, 3.05) is 6.61 Å². The molecule has 0 saturated heterocycles. The quantitative estimate of drug-likeness (QED) is 0.515. The fourth-order valence-electron chi connectivity index (χ4n) is 2.53. The topological polar surface area (TPSA) is 22.1 Å². The number of nitrogens with zero attached hydrogens (tertiary/aromatic N) is 1. The second kappa shape index (κ2) is 4.46. The molecule has 0 spiro atoms. The number of thiophene rings is 1. The molecule has 0 amide bonds. The van der Waals surface area contributed by atoms with Crippen LogP contribution in [0.15, 0.2) is 48.5 Å². The van der Waals surface area contributed by atoms with Crippen LogP contribution in [-0.2, 0) is 0 Å². The van der Waals surface area contributed by atoms with Crippen LogP contribution in [0.2, 0.25) is 0 Å². The number of hydrogen-bond acceptors (Lipinski definition) is 3. The van der Waals surface area contributed by atoms with E-state index in [2.05, 4.69) is 36.4 Å². The number of ether oxygens (including phenoxy) is 1. The van der Waals surface area contributed by atoms with Crippen LogP contribution in [-0.4, -0.2) is 11.6 Å². The summed E-state index contributed by atoms with van der Waals surface area (Å²) >= 11 is 1.79. The Bertz CT molecular complexity index is 926. The van der Waals surface area contributed by atoms with Gasteiger partial charge in [-0.3, -0.25) is 0 Å². The second-order valence-electron chi connectivity index (χ2n) is 4.72. The van der Waals surface area contributed by atoms with Crippen LogP contribution in [0, 0.1) is 0 Å². The van der Waals surface area contributed by atoms with Crippen molar-refractivity contribution in [3.8, 4) is 5.75 Å². The average Bonchev–Trinajstić information content (AvgIpc) is 2.83. The molecule has 0 saturated carbocycles. The maximum Gasteiger partial charge on any atom is 0.120 e. The standard InChI is InChI=1S/C17H13NOS/c1-2-19-12-7-8-14-11(9-12)10-16-17(18-14)13-5-3-4-6-15(13)20-16/h3-10H,2H2,1H3. The van der Waals surface area contributed by atoms with Gasteiger partial charge in [0.05, 0.1) is 22.3 Å². The molecular weight excluding hydrogens is 266 g/mol. The fourth-order valence-corrected chi connectivity index (χ4v) is 3.63. The molecular formula is C17H13NOS. The third-order valence-electron chi connectivity index (χ3n) is 3.42. The van der Waals surface area contributed by atoms with Crippen molar-refractivity contribution in [1.29, 1.82) is 0 Å². The molecule has 2 aromatic carbocycles. The molecule has 3 heteroatoms. The highest BCUT2D eigenvalue weighted by Gasteiger charge is 2.08. The van der Waals surface area contributed by atoms with Gasteiger partial charge < -0.3 is 4.74 Å². The van der Waals surface area contributed by atoms with E-state index in [1.54, 1.807) is 11.3 Å². The van der Waals surface area contributed by atoms with Gasteiger partial charge in [-0.05, 0) is 37.3 Å². The minimum Gasteiger partial charge on any atom is -0.494 e. The molecule has 0 aliphatic heterocycles. The van der Waals surface area contributed by atoms with Gasteiger partial charge >= 0.3 is 0 Å². The predicted octanol–water partition coefficient (Wildman–Crippen LogP) is 5.00. The van der Waals surface area contributed by atoms with Crippen LogP contribution >= 0.6 is 11.3 Å². The lowest BCUT2D eigenvalue weighted by Crippen LogP contribution is -1.91. The van der Waals surface area contributed by atoms with Gasteiger partial charge in [-0.15, -0.1) is 11.3 Å². The van der Waals surface area contributed by atoms with E-state index in [1.807, 2.05) is 19.1 Å². The van der Waals surface area contributed by atoms with Crippen molar-refractivity contribution >= 4 is 42.5 Å². The first-order chi connectivity index (χ1) is 9.85. The van der Waals surface area contributed by atoms with E-state index in [0.717, 1.165) is 22.2 Å². The minimum absolute atomic E-state index is 0.685. The average molecular weight is 279 g/mol. The molecule has 0 unspecified atom stereocenters. The molecule has 2 heterocycles. The first-order valence-electron chi connectivity index (χ1n) is 6.70. The lowest BCUT2D eigenvalue weighted by atomic mass is 10.1. The summed E-state index contributed by atoms with van der Waals surface area (Å²) in [5.74, 6) is 0.905. The lowest BCUT2D eigenvalue weighted by Gasteiger charge is -2.04. The predicted molar refractivity (Wildman–Crippen MR) is 85.8 cm³/mol. The second-order valence-corrected chi connectivity index (χ2v) is 5.80. The van der Waals surface area contributed by atoms with E-state index in [0.29, 0.717) is 6.61 Å². The highest BCUT2D eigenvalue weighted by Crippen LogP contribution is 2.34. The zero-order valence-electron chi connectivity index (χ0n) is 11.1. The van der Waals surface area contributed by atoms with Gasteiger partial charge in [0.2, 0.25) is 0 Å². The zero-order valence-corrected chi connectivity index (χ0v) is 11.9. The summed E-state index contributed by atoms with van der Waals surface area (Å²) in [6.07, 6.45) is 0. The highest BCUT2D eigenvalue weighted by molar-refractivity contribution is 7.25. The Labute approximate surface area is 120 Å². The normalized spacial score (nSPS) is 11.4. The smallest absolute Gasteiger partial charge is 0.120 e. The Kier molecular flexibility index (Phi) is 2.60. The van der Waals surface area contributed by atoms with Crippen LogP contribution in [0.3, 0.4) is 0 Å². The fraction of sp³-hybridized carbons (Fsp3) is 0.118. The molecule has 2 aromatic heterocycles. The minimum atomic E-state index is 0.685. The summed E-state index contributed by atoms with van der Waals surface area (Å²) < 4.78 is 8.08. The van der Waals surface area contributed by atoms with Gasteiger partial charge in [-0.1, -0.05) is 18.2 Å². The lowest BCUT2D eigenvalue weighted by molar-refractivity contribution is 0.340. The van der Waals surface area contributed by atoms with Crippen LogP contribution < -0.4 is 4.74 Å². The summed E-state index contributed by atoms with van der Waals surface area (Å²) in [7, 11) is 0. The SMILES string of the molecule is CCOc1ccc2nc3c(cc2c1)sc1ccccc13. The monoisotopic (exact) mass is 279 g/mol. The molecule has 98 valence electrons. The van der Waals surface area contributed by atoms with Gasteiger partial charge in [-0.2, -0.15) is 0 Å². The number of aromatic nitrogens is 1. The molecule has 0 atom stereocenters. The van der Waals surface area contributed by atoms with Crippen LogP contribution in [0.1, 0.15) is 6.92 Å². The summed E-state index contributed by atoms with van der Waals surface area (Å²) in [5.41, 5.74) is 2.12. The van der Waals surface area contributed by atoms with Crippen molar-refractivity contribution in [3.63, 3.8) is 0 Å². The summed E-state index contributed by atoms with van der Waals surface area (Å²) in [5, 5.41) is 2.37. The third-order valence-corrected chi connectivity index (χ3v) is 4.53. The van der Waals surface area contributed by atoms with Crippen LogP contribution in [0.25, 0.3) is 31.2 Å². The third kappa shape index (κ3) is 1.74. The summed E-state index contributed by atoms with van der Waals surface area (Å²) in [6, 6.07) is 16.7. The number of benzene rings is 2. The van der Waals surface area contributed by atoms with E-state index < -0.39 is 0 Å². The molecule has 20 heavy (non-hydrogen) atoms. The Morgan fingerprint density at radius 1 is 1.05 bits per heavy atom. The van der Waals surface area contributed by atoms with Gasteiger partial charge in [0.1, 0.15) is 5.75 Å². The maximum atomic E-state index is 5.56. The van der Waals surface area contributed by atoms with Gasteiger partial charge in [0, 0.05) is 15.5 Å². The number of pyridine rings is 1. The summed E-state index contributed by atoms with van der Waals surface area (Å²) in [4.78, 5) is 4.82. The van der Waals surface area contributed by atoms with Crippen molar-refractivity contribution < 1.29 is 4.74 Å². The highest BCUT2D eigenvalue weighted by atomic mass is 32.1. The Hall–Kier alpha value is -2.13. The number of hydrogen-bond donors (Lipinski definition) is 0. The van der Waals surface area contributed by atoms with Crippen molar-refractivity contribution in [2.45, 2.75) is 6.92 Å². The van der Waals surface area contributed by atoms with Gasteiger partial charge in [-0.25, -0.2) is 4.98 Å². The maximum absolute atomic E-state index is 5.56. The molecule has 0 aliphatic carbocycles. The van der Waals surface area contributed by atoms with E-state index >= 15 is 0 Å². The molecule has 0 aliphatic rings. The van der Waals surface area contributed by atoms with Crippen LogP contribution in [0.4, 0.5) is 0 Å². The molecule has 0 N–H and O–H groups in total. The van der Waals surface area contributed by atoms with Crippen molar-refractivity contribution in [3.05, 3.63) is 48.5 Å². The molecule has 2 nitrogen and oxygen atoms in total. The Morgan fingerprint density at radius 3 is 2.85 bits per heavy atom. The molecule has 4 aromatic rings. The van der Waals surface area contributed by atoms with Crippen molar-refractivity contribution in [1.82, 2.24) is 4.98 Å². The Balaban J connectivity index is 2.04.